The Morgan fingerprint density at radius 3 is 2.79 bits per heavy atom. The molecule has 0 spiro atoms. The van der Waals surface area contributed by atoms with E-state index in [0.29, 0.717) is 12.6 Å². The van der Waals surface area contributed by atoms with Gasteiger partial charge in [0, 0.05) is 16.8 Å². The van der Waals surface area contributed by atoms with Crippen molar-refractivity contribution < 1.29 is 0 Å². The number of thioether (sulfide) groups is 1. The third-order valence-corrected chi connectivity index (χ3v) is 3.94. The molecule has 0 amide bonds. The molecule has 1 aromatic carbocycles. The number of nitrogens with zero attached hydrogens (tertiary/aromatic N) is 3. The number of rotatable bonds is 5. The zero-order valence-electron chi connectivity index (χ0n) is 11.0. The predicted molar refractivity (Wildman–Crippen MR) is 79.3 cm³/mol. The van der Waals surface area contributed by atoms with E-state index in [1.165, 1.54) is 5.56 Å². The van der Waals surface area contributed by atoms with Gasteiger partial charge in [-0.15, -0.1) is 10.2 Å². The molecule has 0 saturated carbocycles. The number of hydrogen-bond donors (Lipinski definition) is 1. The fraction of sp³-hybridized carbons (Fsp3) is 0.385. The minimum Gasteiger partial charge on any atom is -0.324 e. The van der Waals surface area contributed by atoms with Crippen LogP contribution < -0.4 is 5.73 Å². The minimum atomic E-state index is 0.301. The smallest absolute Gasteiger partial charge is 0.191 e. The zero-order valence-corrected chi connectivity index (χ0v) is 12.6. The summed E-state index contributed by atoms with van der Waals surface area (Å²) >= 11 is 7.62. The summed E-state index contributed by atoms with van der Waals surface area (Å²) in [5, 5.41) is 9.99. The van der Waals surface area contributed by atoms with Gasteiger partial charge in [-0.25, -0.2) is 0 Å². The number of nitrogens with two attached hydrogens (primary N) is 1. The van der Waals surface area contributed by atoms with Crippen molar-refractivity contribution in [2.75, 3.05) is 0 Å². The van der Waals surface area contributed by atoms with Crippen molar-refractivity contribution >= 4 is 23.4 Å². The Bertz CT molecular complexity index is 553. The maximum Gasteiger partial charge on any atom is 0.191 e. The van der Waals surface area contributed by atoms with Gasteiger partial charge in [0.1, 0.15) is 5.82 Å². The normalized spacial score (nSPS) is 11.2. The van der Waals surface area contributed by atoms with Crippen molar-refractivity contribution in [3.05, 3.63) is 40.7 Å². The summed E-state index contributed by atoms with van der Waals surface area (Å²) in [4.78, 5) is 0. The molecule has 0 aliphatic heterocycles. The highest BCUT2D eigenvalue weighted by Gasteiger charge is 2.14. The summed E-state index contributed by atoms with van der Waals surface area (Å²) in [7, 11) is 0. The maximum absolute atomic E-state index is 5.98. The molecule has 0 radical (unpaired) electrons. The van der Waals surface area contributed by atoms with Crippen molar-refractivity contribution in [3.8, 4) is 0 Å². The zero-order chi connectivity index (χ0) is 13.8. The molecule has 102 valence electrons. The average Bonchev–Trinajstić information content (AvgIpc) is 2.79. The molecule has 2 aromatic rings. The van der Waals surface area contributed by atoms with Crippen LogP contribution in [0.5, 0.6) is 0 Å². The Morgan fingerprint density at radius 2 is 2.16 bits per heavy atom. The van der Waals surface area contributed by atoms with Gasteiger partial charge in [-0.3, -0.25) is 0 Å². The Labute approximate surface area is 122 Å². The van der Waals surface area contributed by atoms with Crippen LogP contribution in [0.3, 0.4) is 0 Å². The fourth-order valence-corrected chi connectivity index (χ4v) is 3.08. The number of hydrogen-bond acceptors (Lipinski definition) is 4. The second-order valence-electron chi connectivity index (χ2n) is 4.49. The van der Waals surface area contributed by atoms with Crippen molar-refractivity contribution in [2.24, 2.45) is 5.73 Å². The Kier molecular flexibility index (Phi) is 4.85. The van der Waals surface area contributed by atoms with Gasteiger partial charge in [-0.2, -0.15) is 0 Å². The molecule has 6 heteroatoms. The van der Waals surface area contributed by atoms with Gasteiger partial charge in [0.25, 0.3) is 0 Å². The second kappa shape index (κ2) is 6.41. The minimum absolute atomic E-state index is 0.301. The van der Waals surface area contributed by atoms with Crippen LogP contribution in [0.15, 0.2) is 29.4 Å². The average molecular weight is 297 g/mol. The standard InChI is InChI=1S/C13H17ClN4S/c1-9(2)18-12(7-15)16-17-13(18)19-8-10-4-3-5-11(14)6-10/h3-6,9H,7-8,15H2,1-2H3. The lowest BCUT2D eigenvalue weighted by atomic mass is 10.2. The molecule has 0 fully saturated rings. The third kappa shape index (κ3) is 3.49. The van der Waals surface area contributed by atoms with Crippen LogP contribution in [0.1, 0.15) is 31.3 Å². The lowest BCUT2D eigenvalue weighted by molar-refractivity contribution is 0.526. The first kappa shape index (κ1) is 14.4. The second-order valence-corrected chi connectivity index (χ2v) is 5.86. The molecular formula is C13H17ClN4S. The van der Waals surface area contributed by atoms with Crippen LogP contribution in [-0.4, -0.2) is 14.8 Å². The van der Waals surface area contributed by atoms with Crippen molar-refractivity contribution in [1.82, 2.24) is 14.8 Å². The van der Waals surface area contributed by atoms with Crippen LogP contribution in [-0.2, 0) is 12.3 Å². The maximum atomic E-state index is 5.98. The van der Waals surface area contributed by atoms with Crippen LogP contribution in [0.4, 0.5) is 0 Å². The van der Waals surface area contributed by atoms with Gasteiger partial charge in [-0.05, 0) is 31.5 Å². The van der Waals surface area contributed by atoms with Gasteiger partial charge in [0.05, 0.1) is 6.54 Å². The number of halogens is 1. The highest BCUT2D eigenvalue weighted by Crippen LogP contribution is 2.25. The van der Waals surface area contributed by atoms with Crippen LogP contribution in [0.2, 0.25) is 5.02 Å². The lowest BCUT2D eigenvalue weighted by Crippen LogP contribution is -2.11. The van der Waals surface area contributed by atoms with E-state index in [4.69, 9.17) is 17.3 Å². The first-order valence-electron chi connectivity index (χ1n) is 6.13. The molecule has 0 aliphatic carbocycles. The summed E-state index contributed by atoms with van der Waals surface area (Å²) in [6.45, 7) is 4.61. The van der Waals surface area contributed by atoms with Crippen LogP contribution in [0, 0.1) is 0 Å². The highest BCUT2D eigenvalue weighted by molar-refractivity contribution is 7.98. The van der Waals surface area contributed by atoms with E-state index in [2.05, 4.69) is 34.7 Å². The van der Waals surface area contributed by atoms with Gasteiger partial charge < -0.3 is 10.3 Å². The third-order valence-electron chi connectivity index (χ3n) is 2.69. The topological polar surface area (TPSA) is 56.7 Å². The van der Waals surface area contributed by atoms with E-state index in [9.17, 15) is 0 Å². The van der Waals surface area contributed by atoms with Crippen LogP contribution in [0.25, 0.3) is 0 Å². The van der Waals surface area contributed by atoms with E-state index in [-0.39, 0.29) is 0 Å². The molecule has 0 bridgehead atoms. The first-order valence-corrected chi connectivity index (χ1v) is 7.49. The van der Waals surface area contributed by atoms with Gasteiger partial charge in [0.15, 0.2) is 5.16 Å². The van der Waals surface area contributed by atoms with Gasteiger partial charge in [-0.1, -0.05) is 35.5 Å². The van der Waals surface area contributed by atoms with Crippen LogP contribution >= 0.6 is 23.4 Å². The van der Waals surface area contributed by atoms with E-state index in [1.54, 1.807) is 11.8 Å². The first-order chi connectivity index (χ1) is 9.11. The van der Waals surface area contributed by atoms with E-state index >= 15 is 0 Å². The summed E-state index contributed by atoms with van der Waals surface area (Å²) < 4.78 is 2.08. The molecule has 0 atom stereocenters. The molecule has 0 saturated heterocycles. The fourth-order valence-electron chi connectivity index (χ4n) is 1.84. The molecule has 0 unspecified atom stereocenters. The Hall–Kier alpha value is -1.04. The lowest BCUT2D eigenvalue weighted by Gasteiger charge is -2.12. The monoisotopic (exact) mass is 296 g/mol. The molecule has 1 heterocycles. The molecule has 2 rings (SSSR count). The van der Waals surface area contributed by atoms with E-state index in [1.807, 2.05) is 18.2 Å². The van der Waals surface area contributed by atoms with Crippen molar-refractivity contribution in [3.63, 3.8) is 0 Å². The quantitative estimate of drug-likeness (QED) is 0.861. The molecule has 4 nitrogen and oxygen atoms in total. The summed E-state index contributed by atoms with van der Waals surface area (Å²) in [6.07, 6.45) is 0. The van der Waals surface area contributed by atoms with Crippen molar-refractivity contribution in [1.29, 1.82) is 0 Å². The number of aromatic nitrogens is 3. The summed E-state index contributed by atoms with van der Waals surface area (Å²) in [6, 6.07) is 8.15. The predicted octanol–water partition coefficient (Wildman–Crippen LogP) is 3.26. The molecular weight excluding hydrogens is 280 g/mol. The summed E-state index contributed by atoms with van der Waals surface area (Å²) in [5.41, 5.74) is 6.85. The molecule has 2 N–H and O–H groups in total. The molecule has 19 heavy (non-hydrogen) atoms. The molecule has 0 aliphatic rings. The van der Waals surface area contributed by atoms with E-state index in [0.717, 1.165) is 21.8 Å². The Balaban J connectivity index is 2.13. The van der Waals surface area contributed by atoms with Crippen molar-refractivity contribution in [2.45, 2.75) is 37.3 Å². The number of benzene rings is 1. The highest BCUT2D eigenvalue weighted by atomic mass is 35.5. The SMILES string of the molecule is CC(C)n1c(CN)nnc1SCc1cccc(Cl)c1. The summed E-state index contributed by atoms with van der Waals surface area (Å²) in [5.74, 6) is 1.64. The molecule has 1 aromatic heterocycles. The van der Waals surface area contributed by atoms with Gasteiger partial charge in [0.2, 0.25) is 0 Å². The van der Waals surface area contributed by atoms with E-state index < -0.39 is 0 Å². The Morgan fingerprint density at radius 1 is 1.37 bits per heavy atom. The van der Waals surface area contributed by atoms with Gasteiger partial charge >= 0.3 is 0 Å². The largest absolute Gasteiger partial charge is 0.324 e.